The molecule has 2 rings (SSSR count). The van der Waals surface area contributed by atoms with Crippen LogP contribution in [0.3, 0.4) is 0 Å². The Kier molecular flexibility index (Phi) is 5.03. The number of ether oxygens (including phenoxy) is 1. The van der Waals surface area contributed by atoms with E-state index in [-0.39, 0.29) is 12.5 Å². The van der Waals surface area contributed by atoms with Crippen LogP contribution < -0.4 is 15.8 Å². The van der Waals surface area contributed by atoms with Crippen molar-refractivity contribution in [2.45, 2.75) is 12.8 Å². The minimum absolute atomic E-state index is 0.00815. The summed E-state index contributed by atoms with van der Waals surface area (Å²) in [5.74, 6) is 0.444. The number of amides is 1. The van der Waals surface area contributed by atoms with Gasteiger partial charge in [0.25, 0.3) is 5.91 Å². The molecule has 1 heterocycles. The Morgan fingerprint density at radius 3 is 2.79 bits per heavy atom. The van der Waals surface area contributed by atoms with E-state index in [9.17, 15) is 4.79 Å². The molecule has 104 valence electrons. The second-order valence-electron chi connectivity index (χ2n) is 4.73. The van der Waals surface area contributed by atoms with Crippen molar-refractivity contribution in [3.63, 3.8) is 0 Å². The van der Waals surface area contributed by atoms with Gasteiger partial charge in [0.2, 0.25) is 0 Å². The number of benzene rings is 1. The van der Waals surface area contributed by atoms with Crippen molar-refractivity contribution in [1.82, 2.24) is 10.2 Å². The lowest BCUT2D eigenvalue weighted by Crippen LogP contribution is -2.35. The van der Waals surface area contributed by atoms with Gasteiger partial charge in [-0.15, -0.1) is 0 Å². The maximum Gasteiger partial charge on any atom is 0.257 e. The molecule has 1 saturated heterocycles. The molecule has 1 aromatic carbocycles. The van der Waals surface area contributed by atoms with Gasteiger partial charge in [0, 0.05) is 13.1 Å². The van der Waals surface area contributed by atoms with Crippen molar-refractivity contribution in [2.24, 2.45) is 0 Å². The van der Waals surface area contributed by atoms with Gasteiger partial charge in [0.05, 0.1) is 5.69 Å². The number of anilines is 1. The SMILES string of the molecule is Nc1ccccc1OCC(=O)NCCN1CCCC1. The van der Waals surface area contributed by atoms with E-state index in [1.54, 1.807) is 12.1 Å². The highest BCUT2D eigenvalue weighted by atomic mass is 16.5. The van der Waals surface area contributed by atoms with Gasteiger partial charge in [0.1, 0.15) is 5.75 Å². The van der Waals surface area contributed by atoms with Crippen LogP contribution in [0.25, 0.3) is 0 Å². The normalized spacial score (nSPS) is 15.4. The first-order valence-corrected chi connectivity index (χ1v) is 6.72. The van der Waals surface area contributed by atoms with Crippen LogP contribution in [0.4, 0.5) is 5.69 Å². The van der Waals surface area contributed by atoms with Gasteiger partial charge in [-0.2, -0.15) is 0 Å². The Bertz CT molecular complexity index is 417. The number of nitrogen functional groups attached to an aromatic ring is 1. The largest absolute Gasteiger partial charge is 0.482 e. The van der Waals surface area contributed by atoms with Gasteiger partial charge in [0.15, 0.2) is 6.61 Å². The second kappa shape index (κ2) is 6.99. The van der Waals surface area contributed by atoms with E-state index in [0.717, 1.165) is 19.6 Å². The fraction of sp³-hybridized carbons (Fsp3) is 0.500. The number of carbonyl (C=O) groups excluding carboxylic acids is 1. The van der Waals surface area contributed by atoms with E-state index in [1.807, 2.05) is 12.1 Å². The Hall–Kier alpha value is -1.75. The molecule has 0 radical (unpaired) electrons. The number of nitrogens with one attached hydrogen (secondary N) is 1. The average Bonchev–Trinajstić information content (AvgIpc) is 2.91. The van der Waals surface area contributed by atoms with Crippen molar-refractivity contribution in [1.29, 1.82) is 0 Å². The van der Waals surface area contributed by atoms with Crippen LogP contribution in [0.15, 0.2) is 24.3 Å². The molecule has 1 aromatic rings. The summed E-state index contributed by atoms with van der Waals surface area (Å²) in [6, 6.07) is 7.17. The fourth-order valence-electron chi connectivity index (χ4n) is 2.17. The van der Waals surface area contributed by atoms with E-state index in [0.29, 0.717) is 18.0 Å². The Morgan fingerprint density at radius 1 is 1.32 bits per heavy atom. The van der Waals surface area contributed by atoms with Crippen LogP contribution in [0.5, 0.6) is 5.75 Å². The van der Waals surface area contributed by atoms with Crippen LogP contribution in [-0.4, -0.2) is 43.6 Å². The first-order valence-electron chi connectivity index (χ1n) is 6.72. The van der Waals surface area contributed by atoms with Crippen molar-refractivity contribution in [2.75, 3.05) is 38.5 Å². The maximum absolute atomic E-state index is 11.6. The summed E-state index contributed by atoms with van der Waals surface area (Å²) >= 11 is 0. The molecular formula is C14H21N3O2. The molecular weight excluding hydrogens is 242 g/mol. The van der Waals surface area contributed by atoms with Crippen molar-refractivity contribution in [3.05, 3.63) is 24.3 Å². The Morgan fingerprint density at radius 2 is 2.05 bits per heavy atom. The number of nitrogens with two attached hydrogens (primary N) is 1. The monoisotopic (exact) mass is 263 g/mol. The molecule has 1 fully saturated rings. The van der Waals surface area contributed by atoms with E-state index >= 15 is 0 Å². The molecule has 0 aromatic heterocycles. The molecule has 0 aliphatic carbocycles. The highest BCUT2D eigenvalue weighted by Crippen LogP contribution is 2.19. The summed E-state index contributed by atoms with van der Waals surface area (Å²) in [5.41, 5.74) is 6.27. The van der Waals surface area contributed by atoms with Crippen LogP contribution in [0, 0.1) is 0 Å². The zero-order valence-corrected chi connectivity index (χ0v) is 11.1. The molecule has 1 aliphatic rings. The van der Waals surface area contributed by atoms with E-state index in [2.05, 4.69) is 10.2 Å². The third kappa shape index (κ3) is 4.44. The molecule has 1 aliphatic heterocycles. The van der Waals surface area contributed by atoms with E-state index < -0.39 is 0 Å². The average molecular weight is 263 g/mol. The molecule has 0 spiro atoms. The van der Waals surface area contributed by atoms with Gasteiger partial charge in [-0.25, -0.2) is 0 Å². The number of nitrogens with zero attached hydrogens (tertiary/aromatic N) is 1. The summed E-state index contributed by atoms with van der Waals surface area (Å²) in [6.07, 6.45) is 2.54. The number of carbonyl (C=O) groups is 1. The first-order chi connectivity index (χ1) is 9.25. The van der Waals surface area contributed by atoms with Crippen molar-refractivity contribution < 1.29 is 9.53 Å². The summed E-state index contributed by atoms with van der Waals surface area (Å²) in [7, 11) is 0. The van der Waals surface area contributed by atoms with Gasteiger partial charge in [-0.1, -0.05) is 12.1 Å². The molecule has 0 atom stereocenters. The minimum Gasteiger partial charge on any atom is -0.482 e. The molecule has 3 N–H and O–H groups in total. The predicted molar refractivity (Wildman–Crippen MR) is 75.0 cm³/mol. The van der Waals surface area contributed by atoms with Crippen LogP contribution in [0.2, 0.25) is 0 Å². The molecule has 5 nitrogen and oxygen atoms in total. The first kappa shape index (κ1) is 13.7. The van der Waals surface area contributed by atoms with Crippen molar-refractivity contribution >= 4 is 11.6 Å². The zero-order valence-electron chi connectivity index (χ0n) is 11.1. The zero-order chi connectivity index (χ0) is 13.5. The topological polar surface area (TPSA) is 67.6 Å². The lowest BCUT2D eigenvalue weighted by molar-refractivity contribution is -0.123. The van der Waals surface area contributed by atoms with Crippen molar-refractivity contribution in [3.8, 4) is 5.75 Å². The highest BCUT2D eigenvalue weighted by Gasteiger charge is 2.11. The quantitative estimate of drug-likeness (QED) is 0.747. The summed E-state index contributed by atoms with van der Waals surface area (Å²) in [5, 5.41) is 2.85. The molecule has 0 saturated carbocycles. The fourth-order valence-corrected chi connectivity index (χ4v) is 2.17. The van der Waals surface area contributed by atoms with E-state index in [1.165, 1.54) is 12.8 Å². The third-order valence-corrected chi connectivity index (χ3v) is 3.23. The molecule has 19 heavy (non-hydrogen) atoms. The number of likely N-dealkylation sites (tertiary alicyclic amines) is 1. The molecule has 5 heteroatoms. The lowest BCUT2D eigenvalue weighted by Gasteiger charge is -2.15. The summed E-state index contributed by atoms with van der Waals surface area (Å²) in [6.45, 7) is 3.89. The number of para-hydroxylation sites is 2. The second-order valence-corrected chi connectivity index (χ2v) is 4.73. The standard InChI is InChI=1S/C14H21N3O2/c15-12-5-1-2-6-13(12)19-11-14(18)16-7-10-17-8-3-4-9-17/h1-2,5-6H,3-4,7-11,15H2,(H,16,18). The van der Waals surface area contributed by atoms with Gasteiger partial charge < -0.3 is 20.7 Å². The lowest BCUT2D eigenvalue weighted by atomic mass is 10.3. The smallest absolute Gasteiger partial charge is 0.257 e. The Labute approximate surface area is 113 Å². The number of hydrogen-bond acceptors (Lipinski definition) is 4. The third-order valence-electron chi connectivity index (χ3n) is 3.23. The Balaban J connectivity index is 1.63. The van der Waals surface area contributed by atoms with Crippen LogP contribution in [-0.2, 0) is 4.79 Å². The predicted octanol–water partition coefficient (Wildman–Crippen LogP) is 0.860. The highest BCUT2D eigenvalue weighted by molar-refractivity contribution is 5.77. The van der Waals surface area contributed by atoms with Gasteiger partial charge in [-0.05, 0) is 38.1 Å². The van der Waals surface area contributed by atoms with Gasteiger partial charge in [-0.3, -0.25) is 4.79 Å². The van der Waals surface area contributed by atoms with Gasteiger partial charge >= 0.3 is 0 Å². The number of rotatable bonds is 6. The molecule has 1 amide bonds. The minimum atomic E-state index is -0.109. The maximum atomic E-state index is 11.6. The summed E-state index contributed by atoms with van der Waals surface area (Å²) in [4.78, 5) is 14.0. The summed E-state index contributed by atoms with van der Waals surface area (Å²) < 4.78 is 5.37. The number of hydrogen-bond donors (Lipinski definition) is 2. The molecule has 0 bridgehead atoms. The van der Waals surface area contributed by atoms with Crippen LogP contribution in [0.1, 0.15) is 12.8 Å². The van der Waals surface area contributed by atoms with E-state index in [4.69, 9.17) is 10.5 Å². The van der Waals surface area contributed by atoms with Crippen LogP contribution >= 0.6 is 0 Å². The molecule has 0 unspecified atom stereocenters.